The van der Waals surface area contributed by atoms with Crippen molar-refractivity contribution in [2.75, 3.05) is 11.9 Å². The Kier molecular flexibility index (Phi) is 3.33. The van der Waals surface area contributed by atoms with Gasteiger partial charge in [-0.05, 0) is 44.9 Å². The molecule has 5 heteroatoms. The van der Waals surface area contributed by atoms with Gasteiger partial charge in [-0.25, -0.2) is 14.6 Å². The first kappa shape index (κ1) is 13.5. The van der Waals surface area contributed by atoms with Gasteiger partial charge in [0, 0.05) is 6.54 Å². The molecule has 0 fully saturated rings. The molecule has 3 rings (SSSR count). The van der Waals surface area contributed by atoms with E-state index in [4.69, 9.17) is 0 Å². The molecule has 0 aliphatic rings. The van der Waals surface area contributed by atoms with Crippen molar-refractivity contribution < 1.29 is 0 Å². The summed E-state index contributed by atoms with van der Waals surface area (Å²) in [6.45, 7) is 8.94. The Morgan fingerprint density at radius 3 is 2.71 bits per heavy atom. The van der Waals surface area contributed by atoms with Gasteiger partial charge in [-0.2, -0.15) is 5.10 Å². The third-order valence-corrected chi connectivity index (χ3v) is 3.48. The van der Waals surface area contributed by atoms with E-state index >= 15 is 0 Å². The number of aryl methyl sites for hydroxylation is 3. The maximum absolute atomic E-state index is 4.58. The highest BCUT2D eigenvalue weighted by Gasteiger charge is 2.13. The summed E-state index contributed by atoms with van der Waals surface area (Å²) in [5, 5.41) is 8.75. The number of benzene rings is 1. The minimum Gasteiger partial charge on any atom is -0.370 e. The van der Waals surface area contributed by atoms with Gasteiger partial charge in [-0.15, -0.1) is 0 Å². The Hall–Kier alpha value is -2.43. The van der Waals surface area contributed by atoms with E-state index in [0.29, 0.717) is 0 Å². The lowest BCUT2D eigenvalue weighted by atomic mass is 10.1. The van der Waals surface area contributed by atoms with Gasteiger partial charge < -0.3 is 5.32 Å². The maximum Gasteiger partial charge on any atom is 0.168 e. The molecule has 21 heavy (non-hydrogen) atoms. The fourth-order valence-electron chi connectivity index (χ4n) is 2.44. The zero-order valence-electron chi connectivity index (χ0n) is 12.8. The van der Waals surface area contributed by atoms with Crippen LogP contribution >= 0.6 is 0 Å². The number of hydrogen-bond donors (Lipinski definition) is 1. The molecule has 2 aromatic heterocycles. The van der Waals surface area contributed by atoms with Crippen LogP contribution in [0.5, 0.6) is 0 Å². The van der Waals surface area contributed by atoms with Crippen LogP contribution in [0.1, 0.15) is 23.9 Å². The summed E-state index contributed by atoms with van der Waals surface area (Å²) < 4.78 is 1.90. The van der Waals surface area contributed by atoms with Gasteiger partial charge in [-0.1, -0.05) is 12.1 Å². The molecular formula is C16H19N5. The monoisotopic (exact) mass is 281 g/mol. The lowest BCUT2D eigenvalue weighted by Gasteiger charge is -2.09. The van der Waals surface area contributed by atoms with Crippen molar-refractivity contribution in [3.8, 4) is 5.69 Å². The molecule has 0 bridgehead atoms. The first-order valence-corrected chi connectivity index (χ1v) is 7.14. The van der Waals surface area contributed by atoms with E-state index in [1.165, 1.54) is 11.1 Å². The van der Waals surface area contributed by atoms with Crippen LogP contribution in [0.4, 0.5) is 5.82 Å². The molecule has 1 aromatic carbocycles. The first-order chi connectivity index (χ1) is 10.1. The summed E-state index contributed by atoms with van der Waals surface area (Å²) in [7, 11) is 0. The summed E-state index contributed by atoms with van der Waals surface area (Å²) >= 11 is 0. The van der Waals surface area contributed by atoms with Gasteiger partial charge in [0.1, 0.15) is 11.6 Å². The van der Waals surface area contributed by atoms with Crippen molar-refractivity contribution in [3.63, 3.8) is 0 Å². The molecule has 0 aliphatic carbocycles. The van der Waals surface area contributed by atoms with Crippen LogP contribution < -0.4 is 5.32 Å². The second-order valence-electron chi connectivity index (χ2n) is 5.23. The molecule has 0 radical (unpaired) electrons. The van der Waals surface area contributed by atoms with E-state index in [1.807, 2.05) is 17.8 Å². The Balaban J connectivity index is 2.27. The zero-order valence-corrected chi connectivity index (χ0v) is 12.8. The van der Waals surface area contributed by atoms with Crippen molar-refractivity contribution in [1.82, 2.24) is 19.7 Å². The second-order valence-corrected chi connectivity index (χ2v) is 5.23. The van der Waals surface area contributed by atoms with Crippen LogP contribution in [0.15, 0.2) is 24.4 Å². The van der Waals surface area contributed by atoms with Crippen molar-refractivity contribution in [3.05, 3.63) is 41.3 Å². The Morgan fingerprint density at radius 2 is 1.95 bits per heavy atom. The topological polar surface area (TPSA) is 55.6 Å². The van der Waals surface area contributed by atoms with Crippen LogP contribution in [0.2, 0.25) is 0 Å². The summed E-state index contributed by atoms with van der Waals surface area (Å²) in [6.07, 6.45) is 1.83. The molecule has 5 nitrogen and oxygen atoms in total. The highest BCUT2D eigenvalue weighted by atomic mass is 15.3. The summed E-state index contributed by atoms with van der Waals surface area (Å²) in [5.41, 5.74) is 4.28. The van der Waals surface area contributed by atoms with Crippen molar-refractivity contribution in [2.45, 2.75) is 27.7 Å². The van der Waals surface area contributed by atoms with Gasteiger partial charge in [0.15, 0.2) is 5.65 Å². The van der Waals surface area contributed by atoms with Crippen molar-refractivity contribution >= 4 is 16.9 Å². The maximum atomic E-state index is 4.58. The summed E-state index contributed by atoms with van der Waals surface area (Å²) in [5.74, 6) is 1.59. The number of rotatable bonds is 3. The normalized spacial score (nSPS) is 11.0. The number of fused-ring (bicyclic) bond motifs is 1. The number of nitrogens with zero attached hydrogens (tertiary/aromatic N) is 4. The smallest absolute Gasteiger partial charge is 0.168 e. The highest BCUT2D eigenvalue weighted by Crippen LogP contribution is 2.24. The van der Waals surface area contributed by atoms with E-state index in [0.717, 1.165) is 34.9 Å². The number of hydrogen-bond acceptors (Lipinski definition) is 4. The number of aromatic nitrogens is 4. The number of anilines is 1. The molecule has 0 unspecified atom stereocenters. The Morgan fingerprint density at radius 1 is 1.14 bits per heavy atom. The molecule has 108 valence electrons. The SMILES string of the molecule is CCNc1nc(C)nc2c1cnn2-c1cc(C)ccc1C. The molecule has 0 amide bonds. The fourth-order valence-corrected chi connectivity index (χ4v) is 2.44. The molecule has 0 atom stereocenters. The van der Waals surface area contributed by atoms with Crippen LogP contribution in [-0.4, -0.2) is 26.3 Å². The lowest BCUT2D eigenvalue weighted by molar-refractivity contribution is 0.880. The first-order valence-electron chi connectivity index (χ1n) is 7.14. The van der Waals surface area contributed by atoms with Crippen LogP contribution in [0.3, 0.4) is 0 Å². The largest absolute Gasteiger partial charge is 0.370 e. The van der Waals surface area contributed by atoms with Crippen LogP contribution in [0.25, 0.3) is 16.7 Å². The van der Waals surface area contributed by atoms with Gasteiger partial charge >= 0.3 is 0 Å². The van der Waals surface area contributed by atoms with E-state index in [1.54, 1.807) is 0 Å². The third kappa shape index (κ3) is 2.35. The third-order valence-electron chi connectivity index (χ3n) is 3.48. The van der Waals surface area contributed by atoms with E-state index < -0.39 is 0 Å². The van der Waals surface area contributed by atoms with Gasteiger partial charge in [0.2, 0.25) is 0 Å². The molecule has 0 saturated heterocycles. The average Bonchev–Trinajstić information content (AvgIpc) is 2.85. The molecule has 0 spiro atoms. The van der Waals surface area contributed by atoms with Crippen LogP contribution in [0, 0.1) is 20.8 Å². The molecule has 3 aromatic rings. The van der Waals surface area contributed by atoms with Crippen molar-refractivity contribution in [2.24, 2.45) is 0 Å². The second kappa shape index (κ2) is 5.16. The fraction of sp³-hybridized carbons (Fsp3) is 0.312. The summed E-state index contributed by atoms with van der Waals surface area (Å²) in [4.78, 5) is 9.04. The molecule has 2 heterocycles. The minimum atomic E-state index is 0.741. The zero-order chi connectivity index (χ0) is 15.0. The van der Waals surface area contributed by atoms with Crippen LogP contribution in [-0.2, 0) is 0 Å². The average molecular weight is 281 g/mol. The van der Waals surface area contributed by atoms with E-state index in [9.17, 15) is 0 Å². The van der Waals surface area contributed by atoms with Gasteiger partial charge in [-0.3, -0.25) is 0 Å². The predicted octanol–water partition coefficient (Wildman–Crippen LogP) is 3.17. The predicted molar refractivity (Wildman–Crippen MR) is 85.0 cm³/mol. The highest BCUT2D eigenvalue weighted by molar-refractivity contribution is 5.87. The van der Waals surface area contributed by atoms with Gasteiger partial charge in [0.05, 0.1) is 17.3 Å². The van der Waals surface area contributed by atoms with E-state index in [-0.39, 0.29) is 0 Å². The molecule has 1 N–H and O–H groups in total. The quantitative estimate of drug-likeness (QED) is 0.801. The summed E-state index contributed by atoms with van der Waals surface area (Å²) in [6, 6.07) is 6.35. The number of nitrogens with one attached hydrogen (secondary N) is 1. The molecule has 0 aliphatic heterocycles. The van der Waals surface area contributed by atoms with Crippen molar-refractivity contribution in [1.29, 1.82) is 0 Å². The Bertz CT molecular complexity index is 804. The van der Waals surface area contributed by atoms with E-state index in [2.05, 4.69) is 59.4 Å². The lowest BCUT2D eigenvalue weighted by Crippen LogP contribution is -2.05. The molecular weight excluding hydrogens is 262 g/mol. The minimum absolute atomic E-state index is 0.741. The standard InChI is InChI=1S/C16H19N5/c1-5-17-15-13-9-18-21(16(13)20-12(4)19-15)14-8-10(2)6-7-11(14)3/h6-9H,5H2,1-4H3,(H,17,19,20). The van der Waals surface area contributed by atoms with Gasteiger partial charge in [0.25, 0.3) is 0 Å². The molecule has 0 saturated carbocycles. The Labute approximate surface area is 124 Å².